The van der Waals surface area contributed by atoms with Gasteiger partial charge in [0.05, 0.1) is 11.2 Å². The summed E-state index contributed by atoms with van der Waals surface area (Å²) in [6.07, 6.45) is 3.67. The van der Waals surface area contributed by atoms with Gasteiger partial charge in [-0.05, 0) is 50.0 Å². The van der Waals surface area contributed by atoms with Crippen molar-refractivity contribution in [1.82, 2.24) is 4.98 Å². The summed E-state index contributed by atoms with van der Waals surface area (Å²) in [6.45, 7) is 8.28. The van der Waals surface area contributed by atoms with E-state index in [1.54, 1.807) is 6.20 Å². The van der Waals surface area contributed by atoms with Gasteiger partial charge in [0.2, 0.25) is 0 Å². The highest BCUT2D eigenvalue weighted by Crippen LogP contribution is 2.36. The lowest BCUT2D eigenvalue weighted by molar-refractivity contribution is 0.00578. The van der Waals surface area contributed by atoms with Gasteiger partial charge in [-0.2, -0.15) is 0 Å². The van der Waals surface area contributed by atoms with Crippen LogP contribution in [0.25, 0.3) is 10.8 Å². The van der Waals surface area contributed by atoms with Crippen LogP contribution in [0.1, 0.15) is 27.7 Å². The van der Waals surface area contributed by atoms with Crippen molar-refractivity contribution in [3.05, 3.63) is 36.7 Å². The predicted octanol–water partition coefficient (Wildman–Crippen LogP) is 2.96. The smallest absolute Gasteiger partial charge is 0.399 e. The summed E-state index contributed by atoms with van der Waals surface area (Å²) >= 11 is 0. The first kappa shape index (κ1) is 15.3. The second-order valence-corrected chi connectivity index (χ2v) is 6.03. The van der Waals surface area contributed by atoms with Gasteiger partial charge in [0.15, 0.2) is 0 Å². The van der Waals surface area contributed by atoms with Crippen LogP contribution in [0.2, 0.25) is 0 Å². The first-order valence-electron chi connectivity index (χ1n) is 6.59. The fourth-order valence-corrected chi connectivity index (χ4v) is 2.32. The molecule has 0 amide bonds. The molecule has 1 fully saturated rings. The summed E-state index contributed by atoms with van der Waals surface area (Å²) in [7, 11) is -0.323. The molecule has 0 unspecified atom stereocenters. The average Bonchev–Trinajstić information content (AvgIpc) is 2.58. The van der Waals surface area contributed by atoms with Crippen molar-refractivity contribution in [1.29, 1.82) is 0 Å². The van der Waals surface area contributed by atoms with Crippen LogP contribution >= 0.6 is 12.4 Å². The van der Waals surface area contributed by atoms with Gasteiger partial charge in [-0.3, -0.25) is 4.98 Å². The molecule has 0 spiro atoms. The highest BCUT2D eigenvalue weighted by Gasteiger charge is 2.51. The molecule has 0 bridgehead atoms. The molecule has 0 saturated carbocycles. The van der Waals surface area contributed by atoms with E-state index in [2.05, 4.69) is 44.8 Å². The number of rotatable bonds is 1. The topological polar surface area (TPSA) is 31.4 Å². The number of halogens is 1. The fourth-order valence-electron chi connectivity index (χ4n) is 2.32. The summed E-state index contributed by atoms with van der Waals surface area (Å²) < 4.78 is 12.2. The molecule has 106 valence electrons. The van der Waals surface area contributed by atoms with Crippen molar-refractivity contribution in [2.24, 2.45) is 0 Å². The Kier molecular flexibility index (Phi) is 3.84. The molecule has 20 heavy (non-hydrogen) atoms. The molecule has 5 heteroatoms. The molecule has 2 heterocycles. The Morgan fingerprint density at radius 2 is 1.65 bits per heavy atom. The Bertz CT molecular complexity index is 609. The van der Waals surface area contributed by atoms with Crippen LogP contribution in [-0.2, 0) is 9.31 Å². The van der Waals surface area contributed by atoms with Crippen LogP contribution in [0, 0.1) is 0 Å². The third-order valence-electron chi connectivity index (χ3n) is 4.22. The minimum Gasteiger partial charge on any atom is -0.399 e. The molecule has 0 aliphatic carbocycles. The van der Waals surface area contributed by atoms with Crippen molar-refractivity contribution in [3.8, 4) is 0 Å². The third kappa shape index (κ3) is 2.32. The summed E-state index contributed by atoms with van der Waals surface area (Å²) in [5.41, 5.74) is 0.443. The molecule has 3 nitrogen and oxygen atoms in total. The van der Waals surface area contributed by atoms with Crippen LogP contribution < -0.4 is 5.46 Å². The molecule has 0 radical (unpaired) electrons. The van der Waals surface area contributed by atoms with Crippen molar-refractivity contribution in [2.45, 2.75) is 38.9 Å². The third-order valence-corrected chi connectivity index (χ3v) is 4.22. The second-order valence-electron chi connectivity index (χ2n) is 6.03. The normalized spacial score (nSPS) is 19.9. The van der Waals surface area contributed by atoms with Gasteiger partial charge in [0, 0.05) is 12.4 Å². The molecule has 1 aromatic carbocycles. The lowest BCUT2D eigenvalue weighted by Gasteiger charge is -2.32. The maximum Gasteiger partial charge on any atom is 0.495 e. The monoisotopic (exact) mass is 291 g/mol. The van der Waals surface area contributed by atoms with E-state index in [4.69, 9.17) is 9.31 Å². The molecule has 0 N–H and O–H groups in total. The van der Waals surface area contributed by atoms with Crippen molar-refractivity contribution >= 4 is 35.8 Å². The van der Waals surface area contributed by atoms with E-state index in [9.17, 15) is 0 Å². The molecular formula is C15H19BClNO2. The second kappa shape index (κ2) is 5.03. The predicted molar refractivity (Wildman–Crippen MR) is 84.7 cm³/mol. The zero-order valence-corrected chi connectivity index (χ0v) is 13.0. The Balaban J connectivity index is 0.00000147. The number of pyridine rings is 1. The van der Waals surface area contributed by atoms with Crippen LogP contribution in [-0.4, -0.2) is 23.3 Å². The molecule has 1 aliphatic heterocycles. The number of fused-ring (bicyclic) bond motifs is 1. The Hall–Kier alpha value is -1.10. The first-order chi connectivity index (χ1) is 8.91. The summed E-state index contributed by atoms with van der Waals surface area (Å²) in [6, 6.07) is 8.14. The van der Waals surface area contributed by atoms with Gasteiger partial charge < -0.3 is 9.31 Å². The number of aromatic nitrogens is 1. The SMILES string of the molecule is CC1(C)OB(c2cccc3cnccc23)OC1(C)C.Cl. The van der Waals surface area contributed by atoms with Crippen LogP contribution in [0.4, 0.5) is 0 Å². The van der Waals surface area contributed by atoms with Crippen LogP contribution in [0.3, 0.4) is 0 Å². The minimum atomic E-state index is -0.323. The zero-order chi connectivity index (χ0) is 13.7. The van der Waals surface area contributed by atoms with E-state index in [1.807, 2.05) is 18.3 Å². The van der Waals surface area contributed by atoms with Gasteiger partial charge in [-0.1, -0.05) is 18.2 Å². The summed E-state index contributed by atoms with van der Waals surface area (Å²) in [5.74, 6) is 0. The standard InChI is InChI=1S/C15H18BNO2.ClH/c1-14(2)15(3,4)19-16(18-14)13-7-5-6-11-10-17-9-8-12(11)13;/h5-10H,1-4H3;1H. The number of hydrogen-bond donors (Lipinski definition) is 0. The highest BCUT2D eigenvalue weighted by atomic mass is 35.5. The van der Waals surface area contributed by atoms with Gasteiger partial charge in [-0.15, -0.1) is 12.4 Å². The summed E-state index contributed by atoms with van der Waals surface area (Å²) in [4.78, 5) is 4.16. The highest BCUT2D eigenvalue weighted by molar-refractivity contribution is 6.65. The van der Waals surface area contributed by atoms with Crippen molar-refractivity contribution in [3.63, 3.8) is 0 Å². The van der Waals surface area contributed by atoms with Gasteiger partial charge in [0.25, 0.3) is 0 Å². The largest absolute Gasteiger partial charge is 0.495 e. The fraction of sp³-hybridized carbons (Fsp3) is 0.400. The Morgan fingerprint density at radius 3 is 2.30 bits per heavy atom. The van der Waals surface area contributed by atoms with E-state index in [0.717, 1.165) is 16.2 Å². The Labute approximate surface area is 126 Å². The zero-order valence-electron chi connectivity index (χ0n) is 12.2. The Morgan fingerprint density at radius 1 is 1.00 bits per heavy atom. The van der Waals surface area contributed by atoms with Crippen molar-refractivity contribution in [2.75, 3.05) is 0 Å². The lowest BCUT2D eigenvalue weighted by atomic mass is 9.76. The van der Waals surface area contributed by atoms with E-state index >= 15 is 0 Å². The molecule has 2 aromatic rings. The molecule has 1 saturated heterocycles. The van der Waals surface area contributed by atoms with Crippen LogP contribution in [0.15, 0.2) is 36.7 Å². The maximum atomic E-state index is 6.12. The molecular weight excluding hydrogens is 272 g/mol. The molecule has 1 aromatic heterocycles. The molecule has 0 atom stereocenters. The minimum absolute atomic E-state index is 0. The van der Waals surface area contributed by atoms with Gasteiger partial charge in [-0.25, -0.2) is 0 Å². The van der Waals surface area contributed by atoms with Crippen molar-refractivity contribution < 1.29 is 9.31 Å². The molecule has 1 aliphatic rings. The van der Waals surface area contributed by atoms with Crippen LogP contribution in [0.5, 0.6) is 0 Å². The lowest BCUT2D eigenvalue weighted by Crippen LogP contribution is -2.41. The van der Waals surface area contributed by atoms with E-state index in [-0.39, 0.29) is 30.7 Å². The van der Waals surface area contributed by atoms with Gasteiger partial charge in [0.1, 0.15) is 0 Å². The maximum absolute atomic E-state index is 6.12. The molecule has 3 rings (SSSR count). The van der Waals surface area contributed by atoms with Gasteiger partial charge >= 0.3 is 7.12 Å². The summed E-state index contributed by atoms with van der Waals surface area (Å²) in [5, 5.41) is 2.24. The first-order valence-corrected chi connectivity index (χ1v) is 6.59. The number of nitrogens with zero attached hydrogens (tertiary/aromatic N) is 1. The number of hydrogen-bond acceptors (Lipinski definition) is 3. The van der Waals surface area contributed by atoms with E-state index < -0.39 is 0 Å². The quantitative estimate of drug-likeness (QED) is 0.757. The van der Waals surface area contributed by atoms with E-state index in [1.165, 1.54) is 0 Å². The average molecular weight is 292 g/mol. The van der Waals surface area contributed by atoms with E-state index in [0.29, 0.717) is 0 Å². The number of benzene rings is 1.